The van der Waals surface area contributed by atoms with Crippen molar-refractivity contribution in [3.8, 4) is 11.4 Å². The number of nitrogens with one attached hydrogen (secondary N) is 2. The van der Waals surface area contributed by atoms with Gasteiger partial charge in [0.1, 0.15) is 5.82 Å². The van der Waals surface area contributed by atoms with Gasteiger partial charge >= 0.3 is 0 Å². The van der Waals surface area contributed by atoms with E-state index in [1.54, 1.807) is 6.07 Å². The number of hydrogen-bond donors (Lipinski definition) is 2. The van der Waals surface area contributed by atoms with Gasteiger partial charge in [0.05, 0.1) is 10.9 Å². The molecule has 2 N–H and O–H groups in total. The molecule has 0 unspecified atom stereocenters. The quantitative estimate of drug-likeness (QED) is 0.760. The number of para-hydroxylation sites is 1. The first-order valence-corrected chi connectivity index (χ1v) is 7.86. The SMILES string of the molecule is O=c1[nH]c(-c2ccc(N3CCNCC3)cc2)nc2ccccc12. The minimum atomic E-state index is -0.100. The van der Waals surface area contributed by atoms with Crippen LogP contribution in [0.15, 0.2) is 53.3 Å². The molecule has 1 aromatic heterocycles. The van der Waals surface area contributed by atoms with Crippen LogP contribution in [0, 0.1) is 0 Å². The Morgan fingerprint density at radius 3 is 2.48 bits per heavy atom. The highest BCUT2D eigenvalue weighted by atomic mass is 16.1. The third-order valence-electron chi connectivity index (χ3n) is 4.24. The summed E-state index contributed by atoms with van der Waals surface area (Å²) >= 11 is 0. The highest BCUT2D eigenvalue weighted by Gasteiger charge is 2.11. The van der Waals surface area contributed by atoms with E-state index in [-0.39, 0.29) is 5.56 Å². The Morgan fingerprint density at radius 1 is 0.957 bits per heavy atom. The first-order chi connectivity index (χ1) is 11.3. The average Bonchev–Trinajstić information content (AvgIpc) is 2.63. The lowest BCUT2D eigenvalue weighted by Crippen LogP contribution is -2.43. The molecule has 0 atom stereocenters. The van der Waals surface area contributed by atoms with E-state index in [2.05, 4.69) is 32.3 Å². The van der Waals surface area contributed by atoms with Crippen molar-refractivity contribution in [2.24, 2.45) is 0 Å². The zero-order chi connectivity index (χ0) is 15.6. The van der Waals surface area contributed by atoms with Crippen LogP contribution < -0.4 is 15.8 Å². The fourth-order valence-corrected chi connectivity index (χ4v) is 2.98. The molecule has 116 valence electrons. The molecule has 1 aliphatic rings. The molecule has 0 spiro atoms. The van der Waals surface area contributed by atoms with Crippen molar-refractivity contribution >= 4 is 16.6 Å². The molecule has 0 saturated carbocycles. The molecule has 0 bridgehead atoms. The van der Waals surface area contributed by atoms with E-state index in [1.807, 2.05) is 30.3 Å². The Labute approximate surface area is 134 Å². The molecule has 4 rings (SSSR count). The smallest absolute Gasteiger partial charge is 0.259 e. The number of nitrogens with zero attached hydrogens (tertiary/aromatic N) is 2. The van der Waals surface area contributed by atoms with Crippen LogP contribution in [0.1, 0.15) is 0 Å². The van der Waals surface area contributed by atoms with Crippen molar-refractivity contribution < 1.29 is 0 Å². The summed E-state index contributed by atoms with van der Waals surface area (Å²) in [7, 11) is 0. The third-order valence-corrected chi connectivity index (χ3v) is 4.24. The monoisotopic (exact) mass is 306 g/mol. The van der Waals surface area contributed by atoms with Crippen LogP contribution in [0.3, 0.4) is 0 Å². The average molecular weight is 306 g/mol. The molecule has 23 heavy (non-hydrogen) atoms. The molecule has 5 nitrogen and oxygen atoms in total. The van der Waals surface area contributed by atoms with E-state index in [0.717, 1.165) is 37.3 Å². The number of aromatic amines is 1. The van der Waals surface area contributed by atoms with Crippen LogP contribution in [0.5, 0.6) is 0 Å². The lowest BCUT2D eigenvalue weighted by molar-refractivity contribution is 0.589. The van der Waals surface area contributed by atoms with Gasteiger partial charge in [0.15, 0.2) is 0 Å². The molecule has 2 heterocycles. The Hall–Kier alpha value is -2.66. The standard InChI is InChI=1S/C18H18N4O/c23-18-15-3-1-2-4-16(15)20-17(21-18)13-5-7-14(8-6-13)22-11-9-19-10-12-22/h1-8,19H,9-12H2,(H,20,21,23). The summed E-state index contributed by atoms with van der Waals surface area (Å²) < 4.78 is 0. The van der Waals surface area contributed by atoms with E-state index in [9.17, 15) is 4.79 Å². The minimum Gasteiger partial charge on any atom is -0.369 e. The molecule has 0 radical (unpaired) electrons. The van der Waals surface area contributed by atoms with Crippen molar-refractivity contribution in [1.29, 1.82) is 0 Å². The summed E-state index contributed by atoms with van der Waals surface area (Å²) in [6.45, 7) is 4.07. The van der Waals surface area contributed by atoms with Crippen molar-refractivity contribution in [1.82, 2.24) is 15.3 Å². The van der Waals surface area contributed by atoms with Crippen LogP contribution >= 0.6 is 0 Å². The van der Waals surface area contributed by atoms with Gasteiger partial charge in [0, 0.05) is 37.4 Å². The molecule has 1 fully saturated rings. The highest BCUT2D eigenvalue weighted by molar-refractivity contribution is 5.79. The second-order valence-electron chi connectivity index (χ2n) is 5.72. The van der Waals surface area contributed by atoms with Gasteiger partial charge in [-0.05, 0) is 36.4 Å². The number of anilines is 1. The molecule has 1 aliphatic heterocycles. The summed E-state index contributed by atoms with van der Waals surface area (Å²) in [5.74, 6) is 0.612. The number of rotatable bonds is 2. The normalized spacial score (nSPS) is 15.0. The van der Waals surface area contributed by atoms with Crippen molar-refractivity contribution in [2.45, 2.75) is 0 Å². The van der Waals surface area contributed by atoms with Crippen LogP contribution in [-0.2, 0) is 0 Å². The number of H-pyrrole nitrogens is 1. The molecule has 1 saturated heterocycles. The van der Waals surface area contributed by atoms with Gasteiger partial charge in [0.25, 0.3) is 5.56 Å². The zero-order valence-corrected chi connectivity index (χ0v) is 12.7. The fourth-order valence-electron chi connectivity index (χ4n) is 2.98. The number of piperazine rings is 1. The van der Waals surface area contributed by atoms with E-state index in [4.69, 9.17) is 0 Å². The second kappa shape index (κ2) is 5.85. The maximum Gasteiger partial charge on any atom is 0.259 e. The van der Waals surface area contributed by atoms with Gasteiger partial charge < -0.3 is 15.2 Å². The zero-order valence-electron chi connectivity index (χ0n) is 12.7. The van der Waals surface area contributed by atoms with Crippen molar-refractivity contribution in [2.75, 3.05) is 31.1 Å². The fraction of sp³-hybridized carbons (Fsp3) is 0.222. The molecule has 3 aromatic rings. The topological polar surface area (TPSA) is 61.0 Å². The van der Waals surface area contributed by atoms with Crippen LogP contribution in [0.2, 0.25) is 0 Å². The highest BCUT2D eigenvalue weighted by Crippen LogP contribution is 2.21. The Morgan fingerprint density at radius 2 is 1.70 bits per heavy atom. The van der Waals surface area contributed by atoms with Crippen molar-refractivity contribution in [3.63, 3.8) is 0 Å². The summed E-state index contributed by atoms with van der Waals surface area (Å²) in [5.41, 5.74) is 2.75. The number of hydrogen-bond acceptors (Lipinski definition) is 4. The predicted octanol–water partition coefficient (Wildman–Crippen LogP) is 2.00. The molecular weight excluding hydrogens is 288 g/mol. The van der Waals surface area contributed by atoms with Gasteiger partial charge in [-0.15, -0.1) is 0 Å². The van der Waals surface area contributed by atoms with Gasteiger partial charge in [-0.1, -0.05) is 12.1 Å². The van der Waals surface area contributed by atoms with Crippen LogP contribution in [0.4, 0.5) is 5.69 Å². The van der Waals surface area contributed by atoms with E-state index < -0.39 is 0 Å². The van der Waals surface area contributed by atoms with Gasteiger partial charge in [-0.3, -0.25) is 4.79 Å². The third kappa shape index (κ3) is 2.71. The summed E-state index contributed by atoms with van der Waals surface area (Å²) in [6.07, 6.45) is 0. The largest absolute Gasteiger partial charge is 0.369 e. The number of aromatic nitrogens is 2. The van der Waals surface area contributed by atoms with Gasteiger partial charge in [0.2, 0.25) is 0 Å². The first kappa shape index (κ1) is 14.0. The summed E-state index contributed by atoms with van der Waals surface area (Å²) in [6, 6.07) is 15.6. The maximum absolute atomic E-state index is 12.2. The molecule has 0 aliphatic carbocycles. The molecule has 2 aromatic carbocycles. The Kier molecular flexibility index (Phi) is 3.55. The van der Waals surface area contributed by atoms with Crippen molar-refractivity contribution in [3.05, 3.63) is 58.9 Å². The number of benzene rings is 2. The lowest BCUT2D eigenvalue weighted by Gasteiger charge is -2.29. The maximum atomic E-state index is 12.2. The summed E-state index contributed by atoms with van der Waals surface area (Å²) in [4.78, 5) is 22.0. The predicted molar refractivity (Wildman–Crippen MR) is 92.9 cm³/mol. The Bertz CT molecular complexity index is 879. The van der Waals surface area contributed by atoms with E-state index in [0.29, 0.717) is 11.2 Å². The molecule has 5 heteroatoms. The van der Waals surface area contributed by atoms with Crippen LogP contribution in [-0.4, -0.2) is 36.1 Å². The molecule has 0 amide bonds. The molecular formula is C18H18N4O. The first-order valence-electron chi connectivity index (χ1n) is 7.86. The summed E-state index contributed by atoms with van der Waals surface area (Å²) in [5, 5.41) is 3.97. The van der Waals surface area contributed by atoms with Crippen LogP contribution in [0.25, 0.3) is 22.3 Å². The van der Waals surface area contributed by atoms with E-state index >= 15 is 0 Å². The van der Waals surface area contributed by atoms with Gasteiger partial charge in [-0.2, -0.15) is 0 Å². The van der Waals surface area contributed by atoms with Gasteiger partial charge in [-0.25, -0.2) is 4.98 Å². The minimum absolute atomic E-state index is 0.100. The van der Waals surface area contributed by atoms with E-state index in [1.165, 1.54) is 5.69 Å². The second-order valence-corrected chi connectivity index (χ2v) is 5.72. The Balaban J connectivity index is 1.69. The number of fused-ring (bicyclic) bond motifs is 1. The lowest BCUT2D eigenvalue weighted by atomic mass is 10.1.